The minimum absolute atomic E-state index is 0.0381. The summed E-state index contributed by atoms with van der Waals surface area (Å²) in [6, 6.07) is 11.5. The first kappa shape index (κ1) is 18.5. The molecule has 0 aliphatic carbocycles. The summed E-state index contributed by atoms with van der Waals surface area (Å²) in [4.78, 5) is 13.7. The molecule has 1 amide bonds. The Morgan fingerprint density at radius 2 is 1.92 bits per heavy atom. The first-order chi connectivity index (χ1) is 12.5. The van der Waals surface area contributed by atoms with E-state index < -0.39 is 0 Å². The van der Waals surface area contributed by atoms with Crippen molar-refractivity contribution in [2.75, 3.05) is 32.6 Å². The zero-order chi connectivity index (χ0) is 18.7. The molecule has 0 aromatic heterocycles. The Morgan fingerprint density at radius 3 is 2.62 bits per heavy atom. The van der Waals surface area contributed by atoms with Crippen molar-refractivity contribution >= 4 is 23.2 Å². The van der Waals surface area contributed by atoms with Gasteiger partial charge in [-0.05, 0) is 36.8 Å². The van der Waals surface area contributed by atoms with Crippen molar-refractivity contribution in [3.05, 3.63) is 52.5 Å². The van der Waals surface area contributed by atoms with Crippen LogP contribution in [0.4, 0.5) is 5.69 Å². The molecule has 6 heteroatoms. The van der Waals surface area contributed by atoms with E-state index in [9.17, 15) is 4.79 Å². The Bertz CT molecular complexity index is 810. The zero-order valence-corrected chi connectivity index (χ0v) is 16.0. The van der Waals surface area contributed by atoms with Gasteiger partial charge in [-0.2, -0.15) is 0 Å². The van der Waals surface area contributed by atoms with Crippen LogP contribution in [0.25, 0.3) is 0 Å². The third-order valence-electron chi connectivity index (χ3n) is 4.98. The van der Waals surface area contributed by atoms with E-state index in [1.807, 2.05) is 30.3 Å². The molecule has 1 unspecified atom stereocenters. The highest BCUT2D eigenvalue weighted by Crippen LogP contribution is 2.33. The fraction of sp³-hybridized carbons (Fsp3) is 0.350. The molecule has 1 aliphatic heterocycles. The minimum Gasteiger partial charge on any atom is -0.493 e. The number of para-hydroxylation sites is 1. The van der Waals surface area contributed by atoms with Gasteiger partial charge in [-0.3, -0.25) is 4.79 Å². The molecular formula is C20H24ClN2O3+. The topological polar surface area (TPSA) is 52.0 Å². The Morgan fingerprint density at radius 1 is 1.23 bits per heavy atom. The zero-order valence-electron chi connectivity index (χ0n) is 15.3. The van der Waals surface area contributed by atoms with E-state index in [0.29, 0.717) is 17.3 Å². The summed E-state index contributed by atoms with van der Waals surface area (Å²) in [6.07, 6.45) is 0.898. The SMILES string of the molecule is COc1cc2c(cc1OC)[C@H](C)[NH+](CC(=O)Nc1ccccc1Cl)CC2. The third kappa shape index (κ3) is 3.79. The van der Waals surface area contributed by atoms with Gasteiger partial charge < -0.3 is 19.7 Å². The summed E-state index contributed by atoms with van der Waals surface area (Å²) >= 11 is 6.12. The van der Waals surface area contributed by atoms with E-state index in [-0.39, 0.29) is 11.9 Å². The molecule has 1 aliphatic rings. The molecule has 0 fully saturated rings. The molecule has 0 saturated heterocycles. The van der Waals surface area contributed by atoms with E-state index in [2.05, 4.69) is 12.2 Å². The van der Waals surface area contributed by atoms with Crippen LogP contribution in [-0.2, 0) is 11.2 Å². The molecule has 5 nitrogen and oxygen atoms in total. The molecule has 2 aromatic carbocycles. The molecule has 0 saturated carbocycles. The smallest absolute Gasteiger partial charge is 0.279 e. The van der Waals surface area contributed by atoms with E-state index in [1.54, 1.807) is 20.3 Å². The highest BCUT2D eigenvalue weighted by atomic mass is 35.5. The lowest BCUT2D eigenvalue weighted by Crippen LogP contribution is -3.14. The molecule has 3 rings (SSSR count). The predicted octanol–water partition coefficient (Wildman–Crippen LogP) is 2.50. The standard InChI is InChI=1S/C20H23ClN2O3/c1-13-15-11-19(26-3)18(25-2)10-14(15)8-9-23(13)12-20(24)22-17-7-5-4-6-16(17)21/h4-7,10-11,13H,8-9,12H2,1-3H3,(H,22,24)/p+1/t13-/m0/s1. The monoisotopic (exact) mass is 375 g/mol. The van der Waals surface area contributed by atoms with Crippen LogP contribution >= 0.6 is 11.6 Å². The van der Waals surface area contributed by atoms with Gasteiger partial charge in [0.1, 0.15) is 6.04 Å². The summed E-state index contributed by atoms with van der Waals surface area (Å²) < 4.78 is 10.8. The number of anilines is 1. The Kier molecular flexibility index (Phi) is 5.69. The maximum atomic E-state index is 12.5. The average Bonchev–Trinajstić information content (AvgIpc) is 2.65. The molecule has 138 valence electrons. The highest BCUT2D eigenvalue weighted by Gasteiger charge is 2.30. The maximum Gasteiger partial charge on any atom is 0.279 e. The van der Waals surface area contributed by atoms with Crippen LogP contribution < -0.4 is 19.7 Å². The number of amides is 1. The number of methoxy groups -OCH3 is 2. The number of benzene rings is 2. The van der Waals surface area contributed by atoms with Crippen molar-refractivity contribution in [3.63, 3.8) is 0 Å². The molecule has 1 heterocycles. The Labute approximate surface area is 158 Å². The normalized spacial score (nSPS) is 18.8. The number of carbonyl (C=O) groups is 1. The van der Waals surface area contributed by atoms with Crippen molar-refractivity contribution in [2.24, 2.45) is 0 Å². The van der Waals surface area contributed by atoms with Crippen LogP contribution in [0.15, 0.2) is 36.4 Å². The fourth-order valence-electron chi connectivity index (χ4n) is 3.49. The average molecular weight is 376 g/mol. The lowest BCUT2D eigenvalue weighted by Gasteiger charge is -2.32. The number of ether oxygens (including phenoxy) is 2. The largest absolute Gasteiger partial charge is 0.493 e. The van der Waals surface area contributed by atoms with Crippen molar-refractivity contribution in [1.82, 2.24) is 0 Å². The fourth-order valence-corrected chi connectivity index (χ4v) is 3.68. The molecule has 0 radical (unpaired) electrons. The second-order valence-electron chi connectivity index (χ2n) is 6.49. The Balaban J connectivity index is 1.73. The molecule has 2 N–H and O–H groups in total. The van der Waals surface area contributed by atoms with Crippen molar-refractivity contribution in [3.8, 4) is 11.5 Å². The maximum absolute atomic E-state index is 12.5. The second kappa shape index (κ2) is 7.98. The Hall–Kier alpha value is -2.24. The number of hydrogen-bond donors (Lipinski definition) is 2. The van der Waals surface area contributed by atoms with Gasteiger partial charge in [0.15, 0.2) is 18.0 Å². The van der Waals surface area contributed by atoms with E-state index in [1.165, 1.54) is 16.0 Å². The van der Waals surface area contributed by atoms with Crippen molar-refractivity contribution in [2.45, 2.75) is 19.4 Å². The van der Waals surface area contributed by atoms with Crippen LogP contribution in [0.1, 0.15) is 24.1 Å². The van der Waals surface area contributed by atoms with Gasteiger partial charge in [0.05, 0.1) is 31.5 Å². The van der Waals surface area contributed by atoms with Gasteiger partial charge in [0, 0.05) is 12.0 Å². The first-order valence-corrected chi connectivity index (χ1v) is 9.05. The van der Waals surface area contributed by atoms with Crippen LogP contribution in [0, 0.1) is 0 Å². The summed E-state index contributed by atoms with van der Waals surface area (Å²) in [7, 11) is 3.28. The van der Waals surface area contributed by atoms with Gasteiger partial charge in [-0.1, -0.05) is 23.7 Å². The predicted molar refractivity (Wildman–Crippen MR) is 102 cm³/mol. The summed E-state index contributed by atoms with van der Waals surface area (Å²) in [6.45, 7) is 3.42. The number of rotatable bonds is 5. The van der Waals surface area contributed by atoms with Crippen LogP contribution in [0.3, 0.4) is 0 Å². The lowest BCUT2D eigenvalue weighted by atomic mass is 9.93. The lowest BCUT2D eigenvalue weighted by molar-refractivity contribution is -0.924. The van der Waals surface area contributed by atoms with Crippen LogP contribution in [0.5, 0.6) is 11.5 Å². The second-order valence-corrected chi connectivity index (χ2v) is 6.90. The molecular weight excluding hydrogens is 352 g/mol. The summed E-state index contributed by atoms with van der Waals surface area (Å²) in [5.74, 6) is 1.43. The quantitative estimate of drug-likeness (QED) is 0.844. The number of quaternary nitrogens is 1. The van der Waals surface area contributed by atoms with Crippen molar-refractivity contribution < 1.29 is 19.2 Å². The third-order valence-corrected chi connectivity index (χ3v) is 5.30. The van der Waals surface area contributed by atoms with Crippen LogP contribution in [-0.4, -0.2) is 33.2 Å². The highest BCUT2D eigenvalue weighted by molar-refractivity contribution is 6.33. The molecule has 2 aromatic rings. The number of carbonyl (C=O) groups excluding carboxylic acids is 1. The molecule has 0 spiro atoms. The number of hydrogen-bond acceptors (Lipinski definition) is 3. The number of nitrogens with one attached hydrogen (secondary N) is 2. The van der Waals surface area contributed by atoms with Gasteiger partial charge >= 0.3 is 0 Å². The molecule has 26 heavy (non-hydrogen) atoms. The molecule has 0 bridgehead atoms. The van der Waals surface area contributed by atoms with Crippen LogP contribution in [0.2, 0.25) is 5.02 Å². The molecule has 2 atom stereocenters. The van der Waals surface area contributed by atoms with Gasteiger partial charge in [-0.15, -0.1) is 0 Å². The van der Waals surface area contributed by atoms with Crippen molar-refractivity contribution in [1.29, 1.82) is 0 Å². The number of fused-ring (bicyclic) bond motifs is 1. The summed E-state index contributed by atoms with van der Waals surface area (Å²) in [5.41, 5.74) is 3.11. The number of halogens is 1. The minimum atomic E-state index is -0.0381. The van der Waals surface area contributed by atoms with E-state index in [4.69, 9.17) is 21.1 Å². The van der Waals surface area contributed by atoms with Gasteiger partial charge in [-0.25, -0.2) is 0 Å². The van der Waals surface area contributed by atoms with Gasteiger partial charge in [0.25, 0.3) is 5.91 Å². The van der Waals surface area contributed by atoms with E-state index >= 15 is 0 Å². The summed E-state index contributed by atoms with van der Waals surface area (Å²) in [5, 5.41) is 3.45. The van der Waals surface area contributed by atoms with E-state index in [0.717, 1.165) is 24.5 Å². The van der Waals surface area contributed by atoms with Gasteiger partial charge in [0.2, 0.25) is 0 Å². The first-order valence-electron chi connectivity index (χ1n) is 8.67.